The van der Waals surface area contributed by atoms with Crippen LogP contribution in [0.1, 0.15) is 27.7 Å². The van der Waals surface area contributed by atoms with E-state index in [4.69, 9.17) is 0 Å². The Kier molecular flexibility index (Phi) is 7.84. The zero-order valence-electron chi connectivity index (χ0n) is 10.1. The summed E-state index contributed by atoms with van der Waals surface area (Å²) in [5, 5.41) is 0. The lowest BCUT2D eigenvalue weighted by atomic mass is 10.2. The minimum Gasteiger partial charge on any atom is -0.0979 e. The third kappa shape index (κ3) is 6.19. The summed E-state index contributed by atoms with van der Waals surface area (Å²) < 4.78 is 0. The molecular formula is C14H20S. The standard InChI is InChI=1S/C14H20S/c1-6-10-13(8-3)15-14(9-4)11-12(5)7-2/h6-11H,4H2,1-3,5H3/b10-6+,12-7-,13-8+,14-11+. The van der Waals surface area contributed by atoms with Crippen molar-refractivity contribution in [3.63, 3.8) is 0 Å². The molecule has 0 bridgehead atoms. The van der Waals surface area contributed by atoms with E-state index in [1.807, 2.05) is 32.9 Å². The highest BCUT2D eigenvalue weighted by Gasteiger charge is 1.96. The van der Waals surface area contributed by atoms with Gasteiger partial charge >= 0.3 is 0 Å². The fraction of sp³-hybridized carbons (Fsp3) is 0.286. The number of thioether (sulfide) groups is 1. The minimum absolute atomic E-state index is 1.18. The third-order valence-electron chi connectivity index (χ3n) is 1.88. The van der Waals surface area contributed by atoms with Crippen LogP contribution in [0.2, 0.25) is 0 Å². The summed E-state index contributed by atoms with van der Waals surface area (Å²) in [5.41, 5.74) is 1.26. The summed E-state index contributed by atoms with van der Waals surface area (Å²) in [5.74, 6) is 0. The van der Waals surface area contributed by atoms with E-state index >= 15 is 0 Å². The van der Waals surface area contributed by atoms with Gasteiger partial charge in [-0.1, -0.05) is 54.3 Å². The second kappa shape index (κ2) is 8.37. The summed E-state index contributed by atoms with van der Waals surface area (Å²) in [6.07, 6.45) is 12.4. The van der Waals surface area contributed by atoms with Crippen LogP contribution in [0.15, 0.2) is 58.4 Å². The lowest BCUT2D eigenvalue weighted by molar-refractivity contribution is 1.47. The molecule has 15 heavy (non-hydrogen) atoms. The van der Waals surface area contributed by atoms with Gasteiger partial charge in [0.25, 0.3) is 0 Å². The van der Waals surface area contributed by atoms with Gasteiger partial charge in [0.2, 0.25) is 0 Å². The molecule has 0 spiro atoms. The van der Waals surface area contributed by atoms with Gasteiger partial charge in [0.05, 0.1) is 0 Å². The highest BCUT2D eigenvalue weighted by atomic mass is 32.2. The van der Waals surface area contributed by atoms with E-state index in [9.17, 15) is 0 Å². The van der Waals surface area contributed by atoms with Gasteiger partial charge in [-0.2, -0.15) is 0 Å². The molecule has 0 fully saturated rings. The van der Waals surface area contributed by atoms with Crippen LogP contribution < -0.4 is 0 Å². The maximum atomic E-state index is 3.83. The first-order chi connectivity index (χ1) is 7.17. The Labute approximate surface area is 98.2 Å². The molecule has 0 aliphatic heterocycles. The first kappa shape index (κ1) is 14.1. The molecule has 0 amide bonds. The average Bonchev–Trinajstić information content (AvgIpc) is 2.26. The van der Waals surface area contributed by atoms with Gasteiger partial charge in [0.15, 0.2) is 0 Å². The van der Waals surface area contributed by atoms with Crippen molar-refractivity contribution >= 4 is 11.8 Å². The summed E-state index contributed by atoms with van der Waals surface area (Å²) in [6, 6.07) is 0. The number of rotatable bonds is 5. The Morgan fingerprint density at radius 1 is 1.07 bits per heavy atom. The topological polar surface area (TPSA) is 0 Å². The van der Waals surface area contributed by atoms with Crippen LogP contribution in [0.3, 0.4) is 0 Å². The first-order valence-electron chi connectivity index (χ1n) is 5.11. The van der Waals surface area contributed by atoms with E-state index in [0.717, 1.165) is 0 Å². The van der Waals surface area contributed by atoms with Crippen LogP contribution in [-0.4, -0.2) is 0 Å². The van der Waals surface area contributed by atoms with Crippen LogP contribution in [0.5, 0.6) is 0 Å². The molecular weight excluding hydrogens is 200 g/mol. The zero-order valence-corrected chi connectivity index (χ0v) is 10.9. The second-order valence-electron chi connectivity index (χ2n) is 3.08. The molecule has 0 N–H and O–H groups in total. The average molecular weight is 220 g/mol. The van der Waals surface area contributed by atoms with Gasteiger partial charge < -0.3 is 0 Å². The highest BCUT2D eigenvalue weighted by Crippen LogP contribution is 2.27. The Bertz CT molecular complexity index is 314. The summed E-state index contributed by atoms with van der Waals surface area (Å²) in [6.45, 7) is 12.0. The SMILES string of the molecule is C=C/C(=C\C(C)=C/C)SC(/C=C/C)=C/C. The van der Waals surface area contributed by atoms with Crippen molar-refractivity contribution in [3.05, 3.63) is 58.4 Å². The van der Waals surface area contributed by atoms with E-state index in [-0.39, 0.29) is 0 Å². The maximum Gasteiger partial charge on any atom is 0.0118 e. The van der Waals surface area contributed by atoms with Crippen molar-refractivity contribution < 1.29 is 0 Å². The Morgan fingerprint density at radius 3 is 2.13 bits per heavy atom. The van der Waals surface area contributed by atoms with E-state index < -0.39 is 0 Å². The monoisotopic (exact) mass is 220 g/mol. The summed E-state index contributed by atoms with van der Waals surface area (Å²) >= 11 is 1.73. The lowest BCUT2D eigenvalue weighted by Gasteiger charge is -2.03. The van der Waals surface area contributed by atoms with E-state index in [1.165, 1.54) is 15.4 Å². The normalized spacial score (nSPS) is 14.8. The van der Waals surface area contributed by atoms with Gasteiger partial charge in [-0.05, 0) is 33.8 Å². The van der Waals surface area contributed by atoms with Crippen LogP contribution in [0.4, 0.5) is 0 Å². The highest BCUT2D eigenvalue weighted by molar-refractivity contribution is 8.07. The minimum atomic E-state index is 1.18. The molecule has 0 aromatic rings. The van der Waals surface area contributed by atoms with E-state index in [2.05, 4.69) is 37.8 Å². The third-order valence-corrected chi connectivity index (χ3v) is 3.01. The molecule has 0 aliphatic rings. The molecule has 0 radical (unpaired) electrons. The van der Waals surface area contributed by atoms with Crippen molar-refractivity contribution in [2.24, 2.45) is 0 Å². The van der Waals surface area contributed by atoms with Gasteiger partial charge in [-0.25, -0.2) is 0 Å². The maximum absolute atomic E-state index is 3.83. The number of hydrogen-bond acceptors (Lipinski definition) is 1. The Balaban J connectivity index is 4.73. The van der Waals surface area contributed by atoms with Gasteiger partial charge in [0, 0.05) is 9.81 Å². The molecule has 0 rings (SSSR count). The second-order valence-corrected chi connectivity index (χ2v) is 4.22. The van der Waals surface area contributed by atoms with Crippen molar-refractivity contribution in [1.82, 2.24) is 0 Å². The predicted molar refractivity (Wildman–Crippen MR) is 73.9 cm³/mol. The molecule has 0 aliphatic carbocycles. The molecule has 0 saturated carbocycles. The van der Waals surface area contributed by atoms with Crippen LogP contribution in [0, 0.1) is 0 Å². The Hall–Kier alpha value is -0.950. The lowest BCUT2D eigenvalue weighted by Crippen LogP contribution is -1.75. The molecule has 0 aromatic heterocycles. The van der Waals surface area contributed by atoms with E-state index in [1.54, 1.807) is 11.8 Å². The largest absolute Gasteiger partial charge is 0.0979 e. The summed E-state index contributed by atoms with van der Waals surface area (Å²) in [4.78, 5) is 2.42. The van der Waals surface area contributed by atoms with Crippen LogP contribution in [-0.2, 0) is 0 Å². The molecule has 0 atom stereocenters. The van der Waals surface area contributed by atoms with E-state index in [0.29, 0.717) is 0 Å². The smallest absolute Gasteiger partial charge is 0.0118 e. The first-order valence-corrected chi connectivity index (χ1v) is 5.93. The fourth-order valence-corrected chi connectivity index (χ4v) is 1.85. The quantitative estimate of drug-likeness (QED) is 0.571. The van der Waals surface area contributed by atoms with Gasteiger partial charge in [0.1, 0.15) is 0 Å². The van der Waals surface area contributed by atoms with Crippen molar-refractivity contribution in [1.29, 1.82) is 0 Å². The van der Waals surface area contributed by atoms with Crippen molar-refractivity contribution in [3.8, 4) is 0 Å². The van der Waals surface area contributed by atoms with Crippen LogP contribution in [0.25, 0.3) is 0 Å². The van der Waals surface area contributed by atoms with Gasteiger partial charge in [-0.15, -0.1) is 0 Å². The van der Waals surface area contributed by atoms with Crippen molar-refractivity contribution in [2.75, 3.05) is 0 Å². The van der Waals surface area contributed by atoms with Crippen molar-refractivity contribution in [2.45, 2.75) is 27.7 Å². The predicted octanol–water partition coefficient (Wildman–Crippen LogP) is 5.24. The van der Waals surface area contributed by atoms with Crippen LogP contribution >= 0.6 is 11.8 Å². The summed E-state index contributed by atoms with van der Waals surface area (Å²) in [7, 11) is 0. The molecule has 0 heterocycles. The molecule has 82 valence electrons. The molecule has 0 saturated heterocycles. The molecule has 1 heteroatoms. The molecule has 0 unspecified atom stereocenters. The Morgan fingerprint density at radius 2 is 1.73 bits per heavy atom. The molecule has 0 aromatic carbocycles. The number of allylic oxidation sites excluding steroid dienone is 7. The molecule has 0 nitrogen and oxygen atoms in total. The van der Waals surface area contributed by atoms with Gasteiger partial charge in [-0.3, -0.25) is 0 Å². The zero-order chi connectivity index (χ0) is 11.7. The number of hydrogen-bond donors (Lipinski definition) is 0. The fourth-order valence-electron chi connectivity index (χ4n) is 0.927.